The first-order chi connectivity index (χ1) is 11.7. The maximum absolute atomic E-state index is 12.3. The van der Waals surface area contributed by atoms with Crippen molar-refractivity contribution in [2.75, 3.05) is 11.4 Å². The van der Waals surface area contributed by atoms with Crippen LogP contribution in [0.4, 0.5) is 5.69 Å². The van der Waals surface area contributed by atoms with E-state index in [1.54, 1.807) is 17.2 Å². The normalized spacial score (nSPS) is 17.1. The van der Waals surface area contributed by atoms with Gasteiger partial charge in [0.25, 0.3) is 0 Å². The van der Waals surface area contributed by atoms with Gasteiger partial charge >= 0.3 is 5.97 Å². The Bertz CT molecular complexity index is 730. The van der Waals surface area contributed by atoms with Gasteiger partial charge in [0.2, 0.25) is 5.91 Å². The number of hydrogen-bond donors (Lipinski definition) is 0. The fourth-order valence-electron chi connectivity index (χ4n) is 2.92. The Balaban J connectivity index is 1.65. The van der Waals surface area contributed by atoms with E-state index in [4.69, 9.17) is 4.74 Å². The van der Waals surface area contributed by atoms with Crippen molar-refractivity contribution in [1.29, 1.82) is 0 Å². The highest BCUT2D eigenvalue weighted by atomic mass is 16.5. The Labute approximate surface area is 141 Å². The van der Waals surface area contributed by atoms with Gasteiger partial charge in [-0.15, -0.1) is 0 Å². The topological polar surface area (TPSA) is 59.5 Å². The standard InChI is InChI=1S/C19H20N2O3/c1-2-14-7-3-4-9-17(14)21-12-15(11-18(21)22)19(23)24-13-16-8-5-6-10-20-16/h3-10,15H,2,11-13H2,1H3. The van der Waals surface area contributed by atoms with Crippen molar-refractivity contribution in [2.24, 2.45) is 5.92 Å². The van der Waals surface area contributed by atoms with E-state index in [1.807, 2.05) is 36.4 Å². The van der Waals surface area contributed by atoms with Crippen LogP contribution in [0.15, 0.2) is 48.7 Å². The van der Waals surface area contributed by atoms with Crippen LogP contribution in [0.5, 0.6) is 0 Å². The van der Waals surface area contributed by atoms with Crippen LogP contribution in [-0.4, -0.2) is 23.4 Å². The number of nitrogens with zero attached hydrogens (tertiary/aromatic N) is 2. The van der Waals surface area contributed by atoms with Crippen LogP contribution in [0.25, 0.3) is 0 Å². The van der Waals surface area contributed by atoms with Gasteiger partial charge in [-0.2, -0.15) is 0 Å². The average Bonchev–Trinajstić information content (AvgIpc) is 3.02. The molecule has 0 N–H and O–H groups in total. The predicted octanol–water partition coefficient (Wildman–Crippen LogP) is 2.74. The SMILES string of the molecule is CCc1ccccc1N1CC(C(=O)OCc2ccccn2)CC1=O. The molecule has 2 aromatic rings. The predicted molar refractivity (Wildman–Crippen MR) is 90.3 cm³/mol. The van der Waals surface area contributed by atoms with Gasteiger partial charge < -0.3 is 9.64 Å². The molecule has 5 nitrogen and oxygen atoms in total. The highest BCUT2D eigenvalue weighted by Gasteiger charge is 2.36. The van der Waals surface area contributed by atoms with Crippen molar-refractivity contribution in [1.82, 2.24) is 4.98 Å². The van der Waals surface area contributed by atoms with Crippen LogP contribution in [0.2, 0.25) is 0 Å². The van der Waals surface area contributed by atoms with Crippen LogP contribution in [0.1, 0.15) is 24.6 Å². The number of pyridine rings is 1. The maximum atomic E-state index is 12.3. The monoisotopic (exact) mass is 324 g/mol. The van der Waals surface area contributed by atoms with Crippen molar-refractivity contribution in [3.8, 4) is 0 Å². The number of anilines is 1. The molecule has 1 atom stereocenters. The Kier molecular flexibility index (Phi) is 4.89. The number of aryl methyl sites for hydroxylation is 1. The molecule has 1 aromatic heterocycles. The van der Waals surface area contributed by atoms with Crippen LogP contribution < -0.4 is 4.90 Å². The van der Waals surface area contributed by atoms with E-state index in [9.17, 15) is 9.59 Å². The largest absolute Gasteiger partial charge is 0.459 e. The number of esters is 1. The van der Waals surface area contributed by atoms with Gasteiger partial charge in [-0.25, -0.2) is 0 Å². The summed E-state index contributed by atoms with van der Waals surface area (Å²) in [5.74, 6) is -0.799. The summed E-state index contributed by atoms with van der Waals surface area (Å²) in [6.45, 7) is 2.56. The van der Waals surface area contributed by atoms with Gasteiger partial charge in [0.1, 0.15) is 6.61 Å². The summed E-state index contributed by atoms with van der Waals surface area (Å²) in [5, 5.41) is 0. The lowest BCUT2D eigenvalue weighted by molar-refractivity contribution is -0.149. The van der Waals surface area contributed by atoms with Crippen LogP contribution in [0, 0.1) is 5.92 Å². The molecule has 0 bridgehead atoms. The van der Waals surface area contributed by atoms with Gasteiger partial charge in [-0.05, 0) is 30.2 Å². The zero-order chi connectivity index (χ0) is 16.9. The zero-order valence-electron chi connectivity index (χ0n) is 13.6. The van der Waals surface area contributed by atoms with Gasteiger partial charge in [0, 0.05) is 24.8 Å². The third kappa shape index (κ3) is 3.45. The third-order valence-corrected chi connectivity index (χ3v) is 4.21. The fourth-order valence-corrected chi connectivity index (χ4v) is 2.92. The summed E-state index contributed by atoms with van der Waals surface area (Å²) in [4.78, 5) is 30.4. The fraction of sp³-hybridized carbons (Fsp3) is 0.316. The third-order valence-electron chi connectivity index (χ3n) is 4.21. The van der Waals surface area contributed by atoms with Crippen molar-refractivity contribution in [2.45, 2.75) is 26.4 Å². The molecule has 1 saturated heterocycles. The van der Waals surface area contributed by atoms with Gasteiger partial charge in [-0.1, -0.05) is 31.2 Å². The second kappa shape index (κ2) is 7.25. The molecule has 1 fully saturated rings. The molecule has 1 aliphatic heterocycles. The number of amides is 1. The molecule has 0 spiro atoms. The summed E-state index contributed by atoms with van der Waals surface area (Å²) >= 11 is 0. The van der Waals surface area contributed by atoms with Gasteiger partial charge in [0.15, 0.2) is 0 Å². The van der Waals surface area contributed by atoms with Crippen molar-refractivity contribution < 1.29 is 14.3 Å². The smallest absolute Gasteiger partial charge is 0.311 e. The van der Waals surface area contributed by atoms with Crippen LogP contribution in [-0.2, 0) is 27.4 Å². The lowest BCUT2D eigenvalue weighted by atomic mass is 10.1. The van der Waals surface area contributed by atoms with Gasteiger partial charge in [-0.3, -0.25) is 14.6 Å². The lowest BCUT2D eigenvalue weighted by Gasteiger charge is -2.19. The highest BCUT2D eigenvalue weighted by Crippen LogP contribution is 2.29. The molecule has 2 heterocycles. The molecule has 3 rings (SSSR count). The number of rotatable bonds is 5. The number of carbonyl (C=O) groups is 2. The summed E-state index contributed by atoms with van der Waals surface area (Å²) < 4.78 is 5.32. The molecule has 0 saturated carbocycles. The van der Waals surface area contributed by atoms with E-state index in [0.717, 1.165) is 17.7 Å². The van der Waals surface area contributed by atoms with E-state index in [-0.39, 0.29) is 24.9 Å². The quantitative estimate of drug-likeness (QED) is 0.794. The first-order valence-corrected chi connectivity index (χ1v) is 8.14. The lowest BCUT2D eigenvalue weighted by Crippen LogP contribution is -2.27. The van der Waals surface area contributed by atoms with E-state index >= 15 is 0 Å². The second-order valence-corrected chi connectivity index (χ2v) is 5.82. The minimum atomic E-state index is -0.425. The molecular weight excluding hydrogens is 304 g/mol. The molecule has 0 aliphatic carbocycles. The van der Waals surface area contributed by atoms with E-state index in [1.165, 1.54) is 0 Å². The molecule has 5 heteroatoms. The van der Waals surface area contributed by atoms with Crippen LogP contribution >= 0.6 is 0 Å². The molecule has 1 aliphatic rings. The summed E-state index contributed by atoms with van der Waals surface area (Å²) in [6.07, 6.45) is 2.69. The number of benzene rings is 1. The number of ether oxygens (including phenoxy) is 1. The average molecular weight is 324 g/mol. The molecule has 1 aromatic carbocycles. The van der Waals surface area contributed by atoms with E-state index < -0.39 is 5.92 Å². The number of para-hydroxylation sites is 1. The van der Waals surface area contributed by atoms with Crippen molar-refractivity contribution in [3.63, 3.8) is 0 Å². The first kappa shape index (κ1) is 16.2. The first-order valence-electron chi connectivity index (χ1n) is 8.14. The molecule has 124 valence electrons. The van der Waals surface area contributed by atoms with E-state index in [0.29, 0.717) is 12.2 Å². The second-order valence-electron chi connectivity index (χ2n) is 5.82. The summed E-state index contributed by atoms with van der Waals surface area (Å²) in [6, 6.07) is 13.3. The molecule has 0 radical (unpaired) electrons. The van der Waals surface area contributed by atoms with E-state index in [2.05, 4.69) is 11.9 Å². The zero-order valence-corrected chi connectivity index (χ0v) is 13.6. The molecular formula is C19H20N2O3. The summed E-state index contributed by atoms with van der Waals surface area (Å²) in [7, 11) is 0. The number of hydrogen-bond acceptors (Lipinski definition) is 4. The highest BCUT2D eigenvalue weighted by molar-refractivity contribution is 6.00. The van der Waals surface area contributed by atoms with Crippen molar-refractivity contribution in [3.05, 3.63) is 59.9 Å². The maximum Gasteiger partial charge on any atom is 0.311 e. The Morgan fingerprint density at radius 3 is 2.79 bits per heavy atom. The Morgan fingerprint density at radius 1 is 1.25 bits per heavy atom. The molecule has 1 amide bonds. The van der Waals surface area contributed by atoms with Crippen molar-refractivity contribution >= 4 is 17.6 Å². The number of carbonyl (C=O) groups excluding carboxylic acids is 2. The Hall–Kier alpha value is -2.69. The minimum Gasteiger partial charge on any atom is -0.459 e. The minimum absolute atomic E-state index is 0.0318. The molecule has 24 heavy (non-hydrogen) atoms. The van der Waals surface area contributed by atoms with Crippen LogP contribution in [0.3, 0.4) is 0 Å². The summed E-state index contributed by atoms with van der Waals surface area (Å²) in [5.41, 5.74) is 2.70. The Morgan fingerprint density at radius 2 is 2.04 bits per heavy atom. The van der Waals surface area contributed by atoms with Gasteiger partial charge in [0.05, 0.1) is 11.6 Å². The molecule has 1 unspecified atom stereocenters. The number of aromatic nitrogens is 1.